The van der Waals surface area contributed by atoms with Crippen molar-refractivity contribution in [2.45, 2.75) is 18.3 Å². The molecule has 6 nitrogen and oxygen atoms in total. The molecule has 0 aliphatic heterocycles. The lowest BCUT2D eigenvalue weighted by atomic mass is 10.1. The second kappa shape index (κ2) is 9.03. The molecular formula is C19H17ClN2O4S. The van der Waals surface area contributed by atoms with E-state index in [-0.39, 0.29) is 12.4 Å². The number of halogens is 1. The highest BCUT2D eigenvalue weighted by Crippen LogP contribution is 2.24. The van der Waals surface area contributed by atoms with Gasteiger partial charge in [0.25, 0.3) is 5.22 Å². The van der Waals surface area contributed by atoms with Crippen LogP contribution in [0.1, 0.15) is 17.3 Å². The first-order valence-corrected chi connectivity index (χ1v) is 9.52. The van der Waals surface area contributed by atoms with Crippen LogP contribution in [0.15, 0.2) is 58.2 Å². The topological polar surface area (TPSA) is 85.5 Å². The van der Waals surface area contributed by atoms with Gasteiger partial charge in [-0.15, -0.1) is 10.2 Å². The fourth-order valence-corrected chi connectivity index (χ4v) is 2.96. The van der Waals surface area contributed by atoms with Crippen molar-refractivity contribution < 1.29 is 19.1 Å². The first kappa shape index (κ1) is 19.4. The van der Waals surface area contributed by atoms with Crippen LogP contribution in [0.25, 0.3) is 11.5 Å². The summed E-state index contributed by atoms with van der Waals surface area (Å²) in [5.74, 6) is 1.32. The fraction of sp³-hybridized carbons (Fsp3) is 0.211. The number of hydrogen-bond acceptors (Lipinski definition) is 7. The molecule has 8 heteroatoms. The van der Waals surface area contributed by atoms with Gasteiger partial charge >= 0.3 is 0 Å². The first-order chi connectivity index (χ1) is 13.0. The van der Waals surface area contributed by atoms with Crippen LogP contribution in [0.4, 0.5) is 0 Å². The quantitative estimate of drug-likeness (QED) is 0.446. The Kier molecular flexibility index (Phi) is 6.49. The van der Waals surface area contributed by atoms with Gasteiger partial charge in [0.05, 0.1) is 6.10 Å². The third-order valence-electron chi connectivity index (χ3n) is 3.60. The van der Waals surface area contributed by atoms with Crippen LogP contribution in [0.2, 0.25) is 5.02 Å². The van der Waals surface area contributed by atoms with E-state index in [4.69, 9.17) is 20.8 Å². The predicted molar refractivity (Wildman–Crippen MR) is 103 cm³/mol. The molecule has 0 spiro atoms. The fourth-order valence-electron chi connectivity index (χ4n) is 2.17. The van der Waals surface area contributed by atoms with Crippen LogP contribution in [-0.2, 0) is 0 Å². The lowest BCUT2D eigenvalue weighted by Gasteiger charge is -2.11. The number of ether oxygens (including phenoxy) is 1. The van der Waals surface area contributed by atoms with Crippen LogP contribution < -0.4 is 4.74 Å². The van der Waals surface area contributed by atoms with Gasteiger partial charge in [-0.3, -0.25) is 4.79 Å². The Morgan fingerprint density at radius 3 is 2.56 bits per heavy atom. The summed E-state index contributed by atoms with van der Waals surface area (Å²) in [4.78, 5) is 11.2. The number of benzene rings is 2. The molecule has 0 saturated heterocycles. The Bertz CT molecular complexity index is 897. The van der Waals surface area contributed by atoms with Gasteiger partial charge in [0, 0.05) is 21.9 Å². The average Bonchev–Trinajstić information content (AvgIpc) is 3.14. The van der Waals surface area contributed by atoms with E-state index in [1.54, 1.807) is 48.5 Å². The number of aliphatic hydroxyl groups excluding tert-OH is 1. The number of rotatable bonds is 8. The van der Waals surface area contributed by atoms with Crippen LogP contribution in [0, 0.1) is 0 Å². The normalized spacial score (nSPS) is 12.0. The highest BCUT2D eigenvalue weighted by molar-refractivity contribution is 7.99. The highest BCUT2D eigenvalue weighted by Gasteiger charge is 2.12. The summed E-state index contributed by atoms with van der Waals surface area (Å²) in [5, 5.41) is 19.0. The number of carbonyl (C=O) groups excluding carboxylic acids is 1. The summed E-state index contributed by atoms with van der Waals surface area (Å²) < 4.78 is 11.1. The van der Waals surface area contributed by atoms with Crippen molar-refractivity contribution in [2.24, 2.45) is 0 Å². The SMILES string of the molecule is CC(=O)c1ccc(OC[C@H](O)CSc2nnc(-c3ccc(Cl)cc3)o2)cc1. The summed E-state index contributed by atoms with van der Waals surface area (Å²) in [6, 6.07) is 13.9. The number of ketones is 1. The maximum absolute atomic E-state index is 11.2. The minimum Gasteiger partial charge on any atom is -0.491 e. The third kappa shape index (κ3) is 5.56. The van der Waals surface area contributed by atoms with E-state index < -0.39 is 6.10 Å². The minimum atomic E-state index is -0.714. The molecule has 140 valence electrons. The molecule has 1 atom stereocenters. The van der Waals surface area contributed by atoms with Gasteiger partial charge in [-0.25, -0.2) is 0 Å². The molecular weight excluding hydrogens is 388 g/mol. The lowest BCUT2D eigenvalue weighted by molar-refractivity contribution is 0.101. The van der Waals surface area contributed by atoms with Crippen molar-refractivity contribution in [1.82, 2.24) is 10.2 Å². The van der Waals surface area contributed by atoms with Crippen LogP contribution in [-0.4, -0.2) is 39.6 Å². The second-order valence-corrected chi connectivity index (χ2v) is 7.14. The predicted octanol–water partition coefficient (Wildman–Crippen LogP) is 4.12. The largest absolute Gasteiger partial charge is 0.491 e. The Hall–Kier alpha value is -2.35. The van der Waals surface area contributed by atoms with Gasteiger partial charge in [0.15, 0.2) is 5.78 Å². The number of aromatic nitrogens is 2. The molecule has 3 rings (SSSR count). The number of nitrogens with zero attached hydrogens (tertiary/aromatic N) is 2. The zero-order chi connectivity index (χ0) is 19.2. The Balaban J connectivity index is 1.47. The van der Waals surface area contributed by atoms with Crippen molar-refractivity contribution in [3.8, 4) is 17.2 Å². The maximum Gasteiger partial charge on any atom is 0.276 e. The van der Waals surface area contributed by atoms with Crippen molar-refractivity contribution in [1.29, 1.82) is 0 Å². The smallest absolute Gasteiger partial charge is 0.276 e. The van der Waals surface area contributed by atoms with Gasteiger partial charge in [0.1, 0.15) is 12.4 Å². The van der Waals surface area contributed by atoms with Crippen molar-refractivity contribution in [3.05, 3.63) is 59.1 Å². The van der Waals surface area contributed by atoms with Crippen LogP contribution >= 0.6 is 23.4 Å². The second-order valence-electron chi connectivity index (χ2n) is 5.74. The monoisotopic (exact) mass is 404 g/mol. The molecule has 0 aliphatic rings. The number of carbonyl (C=O) groups is 1. The van der Waals surface area contributed by atoms with Gasteiger partial charge in [0.2, 0.25) is 5.89 Å². The lowest BCUT2D eigenvalue weighted by Crippen LogP contribution is -2.20. The van der Waals surface area contributed by atoms with Gasteiger partial charge in [-0.2, -0.15) is 0 Å². The highest BCUT2D eigenvalue weighted by atomic mass is 35.5. The number of hydrogen-bond donors (Lipinski definition) is 1. The van der Waals surface area contributed by atoms with E-state index >= 15 is 0 Å². The standard InChI is InChI=1S/C19H17ClN2O4S/c1-12(23)13-4-8-17(9-5-13)25-10-16(24)11-27-19-22-21-18(26-19)14-2-6-15(20)7-3-14/h2-9,16,24H,10-11H2,1H3/t16-/m0/s1. The Morgan fingerprint density at radius 1 is 1.19 bits per heavy atom. The number of aliphatic hydroxyl groups is 1. The zero-order valence-electron chi connectivity index (χ0n) is 14.5. The van der Waals surface area contributed by atoms with E-state index in [9.17, 15) is 9.90 Å². The molecule has 2 aromatic carbocycles. The molecule has 1 heterocycles. The molecule has 0 radical (unpaired) electrons. The zero-order valence-corrected chi connectivity index (χ0v) is 16.0. The minimum absolute atomic E-state index is 0.00416. The molecule has 1 aromatic heterocycles. The van der Waals surface area contributed by atoms with Gasteiger partial charge in [-0.1, -0.05) is 23.4 Å². The molecule has 3 aromatic rings. The summed E-state index contributed by atoms with van der Waals surface area (Å²) >= 11 is 7.11. The molecule has 0 unspecified atom stereocenters. The average molecular weight is 405 g/mol. The van der Waals surface area contributed by atoms with Crippen molar-refractivity contribution in [3.63, 3.8) is 0 Å². The summed E-state index contributed by atoms with van der Waals surface area (Å²) in [7, 11) is 0. The number of Topliss-reactive ketones (excluding diaryl/α,β-unsaturated/α-hetero) is 1. The van der Waals surface area contributed by atoms with Crippen LogP contribution in [0.5, 0.6) is 5.75 Å². The molecule has 27 heavy (non-hydrogen) atoms. The van der Waals surface area contributed by atoms with E-state index in [0.29, 0.717) is 33.2 Å². The first-order valence-electron chi connectivity index (χ1n) is 8.15. The molecule has 0 bridgehead atoms. The molecule has 0 fully saturated rings. The molecule has 1 N–H and O–H groups in total. The maximum atomic E-state index is 11.2. The van der Waals surface area contributed by atoms with Gasteiger partial charge in [-0.05, 0) is 55.5 Å². The molecule has 0 amide bonds. The van der Waals surface area contributed by atoms with Crippen LogP contribution in [0.3, 0.4) is 0 Å². The number of thioether (sulfide) groups is 1. The van der Waals surface area contributed by atoms with Crippen molar-refractivity contribution >= 4 is 29.1 Å². The van der Waals surface area contributed by atoms with E-state index in [1.807, 2.05) is 0 Å². The van der Waals surface area contributed by atoms with Crippen molar-refractivity contribution in [2.75, 3.05) is 12.4 Å². The summed E-state index contributed by atoms with van der Waals surface area (Å²) in [5.41, 5.74) is 1.39. The Labute approximate surface area is 165 Å². The van der Waals surface area contributed by atoms with E-state index in [0.717, 1.165) is 5.56 Å². The van der Waals surface area contributed by atoms with E-state index in [2.05, 4.69) is 10.2 Å². The molecule has 0 aliphatic carbocycles. The van der Waals surface area contributed by atoms with Gasteiger partial charge < -0.3 is 14.3 Å². The molecule has 0 saturated carbocycles. The summed E-state index contributed by atoms with van der Waals surface area (Å²) in [6.07, 6.45) is -0.714. The van der Waals surface area contributed by atoms with E-state index in [1.165, 1.54) is 18.7 Å². The third-order valence-corrected chi connectivity index (χ3v) is 4.82. The Morgan fingerprint density at radius 2 is 1.89 bits per heavy atom. The summed E-state index contributed by atoms with van der Waals surface area (Å²) in [6.45, 7) is 1.62.